The van der Waals surface area contributed by atoms with Gasteiger partial charge in [0.15, 0.2) is 0 Å². The van der Waals surface area contributed by atoms with Crippen molar-refractivity contribution in [3.8, 4) is 5.75 Å². The van der Waals surface area contributed by atoms with Crippen molar-refractivity contribution in [1.82, 2.24) is 14.9 Å². The van der Waals surface area contributed by atoms with Crippen LogP contribution in [0, 0.1) is 5.82 Å². The predicted molar refractivity (Wildman–Crippen MR) is 85.1 cm³/mol. The molecule has 1 heterocycles. The van der Waals surface area contributed by atoms with Crippen molar-refractivity contribution in [3.05, 3.63) is 48.3 Å². The molecule has 24 heavy (non-hydrogen) atoms. The highest BCUT2D eigenvalue weighted by Crippen LogP contribution is 2.27. The Hall–Kier alpha value is -2.41. The quantitative estimate of drug-likeness (QED) is 0.897. The maximum Gasteiger partial charge on any atom is 0.271 e. The molecule has 2 aromatic rings. The monoisotopic (exact) mass is 333 g/mol. The maximum absolute atomic E-state index is 13.3. The van der Waals surface area contributed by atoms with E-state index in [9.17, 15) is 14.3 Å². The lowest BCUT2D eigenvalue weighted by Crippen LogP contribution is -2.53. The second-order valence-electron chi connectivity index (χ2n) is 5.98. The van der Waals surface area contributed by atoms with Crippen molar-refractivity contribution in [2.24, 2.45) is 0 Å². The molecule has 0 radical (unpaired) electrons. The zero-order chi connectivity index (χ0) is 17.1. The van der Waals surface area contributed by atoms with Gasteiger partial charge in [0.25, 0.3) is 5.91 Å². The summed E-state index contributed by atoms with van der Waals surface area (Å²) in [5.74, 6) is -0.244. The van der Waals surface area contributed by atoms with Gasteiger partial charge in [-0.3, -0.25) is 4.79 Å². The third kappa shape index (κ3) is 3.41. The number of likely N-dealkylation sites (N-methyl/N-ethyl adjacent to an activating group) is 1. The van der Waals surface area contributed by atoms with E-state index in [4.69, 9.17) is 4.74 Å². The number of hydrogen-bond donors (Lipinski definition) is 2. The van der Waals surface area contributed by atoms with Crippen LogP contribution < -0.4 is 4.74 Å². The van der Waals surface area contributed by atoms with E-state index in [-0.39, 0.29) is 17.8 Å². The Bertz CT molecular complexity index is 692. The number of aliphatic hydroxyl groups excluding tert-OH is 1. The number of aliphatic hydroxyl groups is 1. The van der Waals surface area contributed by atoms with Crippen LogP contribution in [0.15, 0.2) is 36.8 Å². The number of carbonyl (C=O) groups is 1. The number of nitrogens with one attached hydrogen (secondary N) is 1. The lowest BCUT2D eigenvalue weighted by Gasteiger charge is -2.39. The zero-order valence-corrected chi connectivity index (χ0v) is 13.4. The summed E-state index contributed by atoms with van der Waals surface area (Å²) in [5, 5.41) is 10.6. The molecule has 0 aliphatic heterocycles. The Kier molecular flexibility index (Phi) is 4.80. The largest absolute Gasteiger partial charge is 0.488 e. The van der Waals surface area contributed by atoms with Crippen LogP contribution in [0.3, 0.4) is 0 Å². The van der Waals surface area contributed by atoms with Gasteiger partial charge in [0, 0.05) is 13.1 Å². The van der Waals surface area contributed by atoms with Crippen molar-refractivity contribution in [2.75, 3.05) is 7.05 Å². The van der Waals surface area contributed by atoms with E-state index in [2.05, 4.69) is 9.97 Å². The molecule has 7 heteroatoms. The van der Waals surface area contributed by atoms with Crippen LogP contribution in [-0.4, -0.2) is 51.2 Å². The molecule has 128 valence electrons. The van der Waals surface area contributed by atoms with E-state index in [1.165, 1.54) is 29.6 Å². The third-order valence-corrected chi connectivity index (χ3v) is 4.39. The fraction of sp³-hybridized carbons (Fsp3) is 0.412. The van der Waals surface area contributed by atoms with Crippen LogP contribution in [0.25, 0.3) is 0 Å². The SMILES string of the molecule is CN(C(=O)c1cnc[nH]1)[C@@H]1CCC[C@H](Oc2cccc(F)c2)[C@H]1O. The lowest BCUT2D eigenvalue weighted by atomic mass is 9.88. The molecule has 6 nitrogen and oxygen atoms in total. The molecule has 1 aromatic heterocycles. The van der Waals surface area contributed by atoms with E-state index in [0.29, 0.717) is 24.3 Å². The summed E-state index contributed by atoms with van der Waals surface area (Å²) in [5.41, 5.74) is 0.373. The van der Waals surface area contributed by atoms with Gasteiger partial charge in [-0.2, -0.15) is 0 Å². The van der Waals surface area contributed by atoms with Gasteiger partial charge in [0.05, 0.1) is 18.6 Å². The van der Waals surface area contributed by atoms with Crippen molar-refractivity contribution in [1.29, 1.82) is 0 Å². The topological polar surface area (TPSA) is 78.5 Å². The summed E-state index contributed by atoms with van der Waals surface area (Å²) in [4.78, 5) is 20.5. The molecule has 0 saturated heterocycles. The molecule has 0 spiro atoms. The normalized spacial score (nSPS) is 23.7. The number of rotatable bonds is 4. The molecule has 1 aliphatic rings. The average Bonchev–Trinajstić information content (AvgIpc) is 3.10. The number of imidazole rings is 1. The zero-order valence-electron chi connectivity index (χ0n) is 13.4. The number of nitrogens with zero attached hydrogens (tertiary/aromatic N) is 2. The second kappa shape index (κ2) is 7.00. The molecular weight excluding hydrogens is 313 g/mol. The maximum atomic E-state index is 13.3. The summed E-state index contributed by atoms with van der Waals surface area (Å²) in [6, 6.07) is 5.47. The number of carbonyl (C=O) groups excluding carboxylic acids is 1. The van der Waals surface area contributed by atoms with Crippen LogP contribution in [0.4, 0.5) is 4.39 Å². The molecule has 1 aromatic carbocycles. The Morgan fingerprint density at radius 1 is 1.46 bits per heavy atom. The van der Waals surface area contributed by atoms with Gasteiger partial charge >= 0.3 is 0 Å². The van der Waals surface area contributed by atoms with Gasteiger partial charge in [-0.25, -0.2) is 9.37 Å². The number of benzene rings is 1. The van der Waals surface area contributed by atoms with Crippen LogP contribution in [0.1, 0.15) is 29.8 Å². The molecule has 3 rings (SSSR count). The van der Waals surface area contributed by atoms with Crippen LogP contribution in [-0.2, 0) is 0 Å². The van der Waals surface area contributed by atoms with Crippen molar-refractivity contribution in [2.45, 2.75) is 37.5 Å². The first kappa shape index (κ1) is 16.4. The van der Waals surface area contributed by atoms with E-state index in [0.717, 1.165) is 6.42 Å². The minimum atomic E-state index is -0.848. The number of halogens is 1. The Morgan fingerprint density at radius 2 is 2.29 bits per heavy atom. The molecule has 1 fully saturated rings. The standard InChI is InChI=1S/C17H20FN3O3/c1-21(17(23)13-9-19-10-20-13)14-6-3-7-15(16(14)22)24-12-5-2-4-11(18)8-12/h2,4-5,8-10,14-16,22H,3,6-7H2,1H3,(H,19,20)/t14-,15+,16+/m1/s1. The highest BCUT2D eigenvalue weighted by atomic mass is 19.1. The fourth-order valence-corrected chi connectivity index (χ4v) is 3.10. The Balaban J connectivity index is 1.70. The highest BCUT2D eigenvalue weighted by molar-refractivity contribution is 5.92. The van der Waals surface area contributed by atoms with Gasteiger partial charge in [0.1, 0.15) is 29.5 Å². The van der Waals surface area contributed by atoms with E-state index < -0.39 is 12.2 Å². The van der Waals surface area contributed by atoms with Gasteiger partial charge < -0.3 is 19.7 Å². The number of hydrogen-bond acceptors (Lipinski definition) is 4. The molecule has 3 atom stereocenters. The molecule has 2 N–H and O–H groups in total. The number of aromatic amines is 1. The first-order valence-electron chi connectivity index (χ1n) is 7.92. The van der Waals surface area contributed by atoms with Crippen LogP contribution >= 0.6 is 0 Å². The summed E-state index contributed by atoms with van der Waals surface area (Å²) >= 11 is 0. The molecule has 1 amide bonds. The smallest absolute Gasteiger partial charge is 0.271 e. The molecule has 1 aliphatic carbocycles. The van der Waals surface area contributed by atoms with E-state index in [1.807, 2.05) is 0 Å². The second-order valence-corrected chi connectivity index (χ2v) is 5.98. The Morgan fingerprint density at radius 3 is 3.00 bits per heavy atom. The molecule has 0 bridgehead atoms. The van der Waals surface area contributed by atoms with E-state index in [1.54, 1.807) is 19.2 Å². The van der Waals surface area contributed by atoms with Gasteiger partial charge in [-0.15, -0.1) is 0 Å². The van der Waals surface area contributed by atoms with Gasteiger partial charge in [0.2, 0.25) is 0 Å². The van der Waals surface area contributed by atoms with Crippen molar-refractivity contribution in [3.63, 3.8) is 0 Å². The Labute approximate surface area is 139 Å². The average molecular weight is 333 g/mol. The third-order valence-electron chi connectivity index (χ3n) is 4.39. The van der Waals surface area contributed by atoms with Gasteiger partial charge in [-0.1, -0.05) is 6.07 Å². The molecule has 0 unspecified atom stereocenters. The first-order valence-corrected chi connectivity index (χ1v) is 7.92. The number of H-pyrrole nitrogens is 1. The van der Waals surface area contributed by atoms with Gasteiger partial charge in [-0.05, 0) is 31.4 Å². The summed E-state index contributed by atoms with van der Waals surface area (Å²) in [7, 11) is 1.65. The number of amides is 1. The van der Waals surface area contributed by atoms with E-state index >= 15 is 0 Å². The van der Waals surface area contributed by atoms with Crippen molar-refractivity contribution < 1.29 is 19.0 Å². The van der Waals surface area contributed by atoms with Crippen molar-refractivity contribution >= 4 is 5.91 Å². The molecular formula is C17H20FN3O3. The minimum absolute atomic E-state index is 0.233. The fourth-order valence-electron chi connectivity index (χ4n) is 3.10. The first-order chi connectivity index (χ1) is 11.6. The summed E-state index contributed by atoms with van der Waals surface area (Å²) < 4.78 is 19.0. The number of ether oxygens (including phenoxy) is 1. The summed E-state index contributed by atoms with van der Waals surface area (Å²) in [6.45, 7) is 0. The molecule has 1 saturated carbocycles. The van der Waals surface area contributed by atoms with Crippen LogP contribution in [0.5, 0.6) is 5.75 Å². The lowest BCUT2D eigenvalue weighted by molar-refractivity contribution is -0.0414. The number of aromatic nitrogens is 2. The predicted octanol–water partition coefficient (Wildman–Crippen LogP) is 1.98. The summed E-state index contributed by atoms with van der Waals surface area (Å²) in [6.07, 6.45) is 3.70. The highest BCUT2D eigenvalue weighted by Gasteiger charge is 2.37. The minimum Gasteiger partial charge on any atom is -0.488 e. The van der Waals surface area contributed by atoms with Crippen LogP contribution in [0.2, 0.25) is 0 Å².